The van der Waals surface area contributed by atoms with E-state index < -0.39 is 5.91 Å². The highest BCUT2D eigenvalue weighted by Gasteiger charge is 2.22. The summed E-state index contributed by atoms with van der Waals surface area (Å²) in [6, 6.07) is 7.02. The Balaban J connectivity index is 2.12. The standard InChI is InChI=1S/C16H23N3O2/c1-2-9-19(11-14-7-4-8-18-14)16(21)13-6-3-5-12(10-13)15(17)20/h3,5-6,10,14,18H,2,4,7-9,11H2,1H3,(H2,17,20). The van der Waals surface area contributed by atoms with Gasteiger partial charge in [0.1, 0.15) is 0 Å². The molecule has 1 unspecified atom stereocenters. The van der Waals surface area contributed by atoms with Crippen LogP contribution in [0.5, 0.6) is 0 Å². The molecule has 0 aromatic heterocycles. The van der Waals surface area contributed by atoms with Gasteiger partial charge >= 0.3 is 0 Å². The Bertz CT molecular complexity index is 510. The maximum Gasteiger partial charge on any atom is 0.253 e. The van der Waals surface area contributed by atoms with Crippen LogP contribution in [0.3, 0.4) is 0 Å². The first-order valence-corrected chi connectivity index (χ1v) is 7.54. The van der Waals surface area contributed by atoms with Crippen molar-refractivity contribution in [3.8, 4) is 0 Å². The van der Waals surface area contributed by atoms with Gasteiger partial charge in [-0.1, -0.05) is 13.0 Å². The molecular weight excluding hydrogens is 266 g/mol. The molecule has 5 heteroatoms. The summed E-state index contributed by atoms with van der Waals surface area (Å²) in [5.41, 5.74) is 6.17. The van der Waals surface area contributed by atoms with Gasteiger partial charge in [0.25, 0.3) is 5.91 Å². The minimum atomic E-state index is -0.510. The molecule has 0 radical (unpaired) electrons. The molecule has 3 N–H and O–H groups in total. The van der Waals surface area contributed by atoms with Crippen LogP contribution in [-0.4, -0.2) is 42.4 Å². The molecule has 0 bridgehead atoms. The first kappa shape index (κ1) is 15.5. The van der Waals surface area contributed by atoms with Crippen molar-refractivity contribution < 1.29 is 9.59 Å². The second-order valence-corrected chi connectivity index (χ2v) is 5.49. The molecule has 21 heavy (non-hydrogen) atoms. The molecule has 1 atom stereocenters. The molecule has 1 fully saturated rings. The van der Waals surface area contributed by atoms with Crippen LogP contribution < -0.4 is 11.1 Å². The smallest absolute Gasteiger partial charge is 0.253 e. The van der Waals surface area contributed by atoms with E-state index in [4.69, 9.17) is 5.73 Å². The topological polar surface area (TPSA) is 75.4 Å². The lowest BCUT2D eigenvalue weighted by atomic mass is 10.1. The number of carbonyl (C=O) groups is 2. The van der Waals surface area contributed by atoms with Gasteiger partial charge < -0.3 is 16.0 Å². The molecule has 1 saturated heterocycles. The first-order chi connectivity index (χ1) is 10.1. The highest BCUT2D eigenvalue weighted by Crippen LogP contribution is 2.12. The first-order valence-electron chi connectivity index (χ1n) is 7.54. The zero-order chi connectivity index (χ0) is 15.2. The SMILES string of the molecule is CCCN(CC1CCCN1)C(=O)c1cccc(C(N)=O)c1. The summed E-state index contributed by atoms with van der Waals surface area (Å²) in [6.07, 6.45) is 3.18. The lowest BCUT2D eigenvalue weighted by molar-refractivity contribution is 0.0742. The van der Waals surface area contributed by atoms with Crippen LogP contribution >= 0.6 is 0 Å². The fourth-order valence-electron chi connectivity index (χ4n) is 2.71. The van der Waals surface area contributed by atoms with Crippen molar-refractivity contribution in [2.75, 3.05) is 19.6 Å². The third-order valence-electron chi connectivity index (χ3n) is 3.78. The Morgan fingerprint density at radius 3 is 2.76 bits per heavy atom. The van der Waals surface area contributed by atoms with Crippen molar-refractivity contribution >= 4 is 11.8 Å². The van der Waals surface area contributed by atoms with E-state index in [1.165, 1.54) is 0 Å². The highest BCUT2D eigenvalue weighted by atomic mass is 16.2. The van der Waals surface area contributed by atoms with Crippen LogP contribution in [0.15, 0.2) is 24.3 Å². The van der Waals surface area contributed by atoms with Crippen molar-refractivity contribution in [3.05, 3.63) is 35.4 Å². The molecule has 1 aromatic carbocycles. The lowest BCUT2D eigenvalue weighted by Crippen LogP contribution is -2.41. The Kier molecular flexibility index (Phi) is 5.33. The summed E-state index contributed by atoms with van der Waals surface area (Å²) in [7, 11) is 0. The van der Waals surface area contributed by atoms with Gasteiger partial charge in [0.15, 0.2) is 0 Å². The largest absolute Gasteiger partial charge is 0.366 e. The molecule has 0 spiro atoms. The van der Waals surface area contributed by atoms with Crippen LogP contribution in [0.4, 0.5) is 0 Å². The van der Waals surface area contributed by atoms with Gasteiger partial charge in [0.05, 0.1) is 0 Å². The summed E-state index contributed by atoms with van der Waals surface area (Å²) >= 11 is 0. The number of carbonyl (C=O) groups excluding carboxylic acids is 2. The van der Waals surface area contributed by atoms with Gasteiger partial charge in [0.2, 0.25) is 5.91 Å². The Morgan fingerprint density at radius 1 is 1.38 bits per heavy atom. The van der Waals surface area contributed by atoms with Gasteiger partial charge in [0, 0.05) is 30.3 Å². The summed E-state index contributed by atoms with van der Waals surface area (Å²) in [6.45, 7) is 4.52. The van der Waals surface area contributed by atoms with Gasteiger partial charge in [-0.25, -0.2) is 0 Å². The third kappa shape index (κ3) is 4.04. The van der Waals surface area contributed by atoms with E-state index in [9.17, 15) is 9.59 Å². The summed E-state index contributed by atoms with van der Waals surface area (Å²) < 4.78 is 0. The van der Waals surface area contributed by atoms with Crippen LogP contribution in [0.1, 0.15) is 46.9 Å². The predicted octanol–water partition coefficient (Wildman–Crippen LogP) is 1.39. The zero-order valence-electron chi connectivity index (χ0n) is 12.5. The van der Waals surface area contributed by atoms with E-state index in [1.54, 1.807) is 24.3 Å². The summed E-state index contributed by atoms with van der Waals surface area (Å²) in [4.78, 5) is 25.7. The molecule has 5 nitrogen and oxygen atoms in total. The van der Waals surface area contributed by atoms with E-state index in [1.807, 2.05) is 4.90 Å². The number of rotatable bonds is 6. The minimum absolute atomic E-state index is 0.0337. The molecule has 2 rings (SSSR count). The van der Waals surface area contributed by atoms with E-state index in [0.717, 1.165) is 32.4 Å². The molecular formula is C16H23N3O2. The summed E-state index contributed by atoms with van der Waals surface area (Å²) in [5, 5.41) is 3.41. The quantitative estimate of drug-likeness (QED) is 0.831. The molecule has 0 saturated carbocycles. The van der Waals surface area contributed by atoms with Crippen molar-refractivity contribution in [2.45, 2.75) is 32.2 Å². The van der Waals surface area contributed by atoms with Crippen LogP contribution in [0.2, 0.25) is 0 Å². The van der Waals surface area contributed by atoms with Crippen LogP contribution in [-0.2, 0) is 0 Å². The highest BCUT2D eigenvalue weighted by molar-refractivity contribution is 5.99. The number of primary amides is 1. The van der Waals surface area contributed by atoms with Gasteiger partial charge in [-0.2, -0.15) is 0 Å². The number of nitrogens with zero attached hydrogens (tertiary/aromatic N) is 1. The summed E-state index contributed by atoms with van der Waals surface area (Å²) in [5.74, 6) is -0.544. The molecule has 1 aliphatic rings. The van der Waals surface area contributed by atoms with Gasteiger partial charge in [-0.05, 0) is 44.0 Å². The maximum atomic E-state index is 12.6. The third-order valence-corrected chi connectivity index (χ3v) is 3.78. The normalized spacial score (nSPS) is 17.7. The van der Waals surface area contributed by atoms with Gasteiger partial charge in [-0.15, -0.1) is 0 Å². The average molecular weight is 289 g/mol. The van der Waals surface area contributed by atoms with Gasteiger partial charge in [-0.3, -0.25) is 9.59 Å². The maximum absolute atomic E-state index is 12.6. The number of amides is 2. The Morgan fingerprint density at radius 2 is 2.14 bits per heavy atom. The molecule has 1 heterocycles. The van der Waals surface area contributed by atoms with Crippen LogP contribution in [0.25, 0.3) is 0 Å². The second kappa shape index (κ2) is 7.22. The van der Waals surface area contributed by atoms with E-state index in [0.29, 0.717) is 23.7 Å². The van der Waals surface area contributed by atoms with Crippen molar-refractivity contribution in [2.24, 2.45) is 5.73 Å². The van der Waals surface area contributed by atoms with Crippen LogP contribution in [0, 0.1) is 0 Å². The fraction of sp³-hybridized carbons (Fsp3) is 0.500. The molecule has 0 aliphatic carbocycles. The number of benzene rings is 1. The van der Waals surface area contributed by atoms with E-state index in [-0.39, 0.29) is 5.91 Å². The Labute approximate surface area is 125 Å². The average Bonchev–Trinajstić information content (AvgIpc) is 2.99. The molecule has 1 aliphatic heterocycles. The monoisotopic (exact) mass is 289 g/mol. The minimum Gasteiger partial charge on any atom is -0.366 e. The second-order valence-electron chi connectivity index (χ2n) is 5.49. The fourth-order valence-corrected chi connectivity index (χ4v) is 2.71. The van der Waals surface area contributed by atoms with E-state index >= 15 is 0 Å². The number of hydrogen-bond acceptors (Lipinski definition) is 3. The van der Waals surface area contributed by atoms with E-state index in [2.05, 4.69) is 12.2 Å². The molecule has 114 valence electrons. The Hall–Kier alpha value is -1.88. The lowest BCUT2D eigenvalue weighted by Gasteiger charge is -2.25. The number of nitrogens with one attached hydrogen (secondary N) is 1. The molecule has 2 amide bonds. The number of hydrogen-bond donors (Lipinski definition) is 2. The number of nitrogens with two attached hydrogens (primary N) is 1. The van der Waals surface area contributed by atoms with Crippen molar-refractivity contribution in [1.29, 1.82) is 0 Å². The van der Waals surface area contributed by atoms with Crippen molar-refractivity contribution in [3.63, 3.8) is 0 Å². The van der Waals surface area contributed by atoms with Crippen molar-refractivity contribution in [1.82, 2.24) is 10.2 Å². The zero-order valence-corrected chi connectivity index (χ0v) is 12.5. The molecule has 1 aromatic rings. The predicted molar refractivity (Wildman–Crippen MR) is 82.2 cm³/mol.